The van der Waals surface area contributed by atoms with Gasteiger partial charge in [0.05, 0.1) is 12.5 Å². The van der Waals surface area contributed by atoms with Crippen LogP contribution < -0.4 is 5.73 Å². The Morgan fingerprint density at radius 3 is 2.53 bits per heavy atom. The van der Waals surface area contributed by atoms with E-state index < -0.39 is 6.04 Å². The van der Waals surface area contributed by atoms with Crippen LogP contribution in [0.2, 0.25) is 0 Å². The number of hydrogen-bond donors (Lipinski definition) is 1. The van der Waals surface area contributed by atoms with Crippen molar-refractivity contribution in [3.8, 4) is 0 Å². The number of amides is 2. The van der Waals surface area contributed by atoms with E-state index in [0.717, 1.165) is 26.1 Å². The molecule has 2 amide bonds. The van der Waals surface area contributed by atoms with Gasteiger partial charge in [0, 0.05) is 19.8 Å². The Balaban J connectivity index is 1.93. The first kappa shape index (κ1) is 10.6. The van der Waals surface area contributed by atoms with E-state index in [2.05, 4.69) is 0 Å². The lowest BCUT2D eigenvalue weighted by atomic mass is 10.00. The second-order valence-electron chi connectivity index (χ2n) is 4.21. The van der Waals surface area contributed by atoms with Crippen molar-refractivity contribution >= 4 is 11.8 Å². The zero-order valence-electron chi connectivity index (χ0n) is 8.65. The van der Waals surface area contributed by atoms with Gasteiger partial charge in [-0.3, -0.25) is 14.5 Å². The zero-order valence-corrected chi connectivity index (χ0v) is 8.65. The average Bonchev–Trinajstić information content (AvgIpc) is 2.47. The van der Waals surface area contributed by atoms with Crippen LogP contribution in [0.25, 0.3) is 0 Å². The summed E-state index contributed by atoms with van der Waals surface area (Å²) in [6.07, 6.45) is 2.01. The van der Waals surface area contributed by atoms with Gasteiger partial charge in [0.2, 0.25) is 11.8 Å². The summed E-state index contributed by atoms with van der Waals surface area (Å²) in [5.74, 6) is 0.0439. The van der Waals surface area contributed by atoms with Gasteiger partial charge in [0.1, 0.15) is 0 Å². The molecule has 2 heterocycles. The molecule has 0 spiro atoms. The van der Waals surface area contributed by atoms with E-state index in [1.54, 1.807) is 0 Å². The van der Waals surface area contributed by atoms with Crippen LogP contribution in [-0.4, -0.2) is 42.5 Å². The Bertz CT molecular complexity index is 274. The van der Waals surface area contributed by atoms with E-state index in [4.69, 9.17) is 10.5 Å². The summed E-state index contributed by atoms with van der Waals surface area (Å²) >= 11 is 0. The minimum Gasteiger partial charge on any atom is -0.381 e. The molecular formula is C10H16N2O3. The van der Waals surface area contributed by atoms with Crippen molar-refractivity contribution in [3.05, 3.63) is 0 Å². The Hall–Kier alpha value is -0.940. The van der Waals surface area contributed by atoms with Gasteiger partial charge in [0.15, 0.2) is 0 Å². The molecule has 2 fully saturated rings. The van der Waals surface area contributed by atoms with Crippen molar-refractivity contribution in [1.82, 2.24) is 4.90 Å². The number of carbonyl (C=O) groups excluding carboxylic acids is 2. The predicted octanol–water partition coefficient (Wildman–Crippen LogP) is -0.501. The Morgan fingerprint density at radius 2 is 2.00 bits per heavy atom. The molecule has 0 aromatic heterocycles. The molecular weight excluding hydrogens is 196 g/mol. The molecule has 5 nitrogen and oxygen atoms in total. The molecule has 0 aromatic rings. The van der Waals surface area contributed by atoms with Gasteiger partial charge >= 0.3 is 0 Å². The highest BCUT2D eigenvalue weighted by molar-refractivity contribution is 6.05. The van der Waals surface area contributed by atoms with Crippen LogP contribution in [0.5, 0.6) is 0 Å². The smallest absolute Gasteiger partial charge is 0.246 e. The zero-order chi connectivity index (χ0) is 10.8. The first-order valence-corrected chi connectivity index (χ1v) is 5.36. The summed E-state index contributed by atoms with van der Waals surface area (Å²) < 4.78 is 5.23. The van der Waals surface area contributed by atoms with Gasteiger partial charge in [-0.15, -0.1) is 0 Å². The molecule has 2 aliphatic heterocycles. The maximum absolute atomic E-state index is 11.5. The predicted molar refractivity (Wildman–Crippen MR) is 52.9 cm³/mol. The minimum absolute atomic E-state index is 0.126. The topological polar surface area (TPSA) is 72.6 Å². The summed E-state index contributed by atoms with van der Waals surface area (Å²) in [7, 11) is 0. The van der Waals surface area contributed by atoms with Crippen molar-refractivity contribution in [3.63, 3.8) is 0 Å². The molecule has 0 bridgehead atoms. The molecule has 1 atom stereocenters. The third-order valence-electron chi connectivity index (χ3n) is 3.06. The second kappa shape index (κ2) is 4.28. The van der Waals surface area contributed by atoms with Crippen LogP contribution in [0, 0.1) is 5.92 Å². The fourth-order valence-electron chi connectivity index (χ4n) is 2.09. The SMILES string of the molecule is N[C@H]1CC(=O)N(CC2CCOCC2)C1=O. The second-order valence-corrected chi connectivity index (χ2v) is 4.21. The molecule has 0 radical (unpaired) electrons. The van der Waals surface area contributed by atoms with Crippen molar-refractivity contribution in [2.75, 3.05) is 19.8 Å². The minimum atomic E-state index is -0.614. The van der Waals surface area contributed by atoms with E-state index in [1.165, 1.54) is 4.90 Å². The molecule has 2 saturated heterocycles. The van der Waals surface area contributed by atoms with Crippen LogP contribution in [0.3, 0.4) is 0 Å². The summed E-state index contributed by atoms with van der Waals surface area (Å²) in [6.45, 7) is 1.98. The van der Waals surface area contributed by atoms with Crippen molar-refractivity contribution in [2.45, 2.75) is 25.3 Å². The third kappa shape index (κ3) is 2.18. The van der Waals surface area contributed by atoms with Gasteiger partial charge in [-0.2, -0.15) is 0 Å². The molecule has 0 saturated carbocycles. The number of likely N-dealkylation sites (tertiary alicyclic amines) is 1. The molecule has 2 N–H and O–H groups in total. The van der Waals surface area contributed by atoms with E-state index >= 15 is 0 Å². The summed E-state index contributed by atoms with van der Waals surface area (Å²) in [5.41, 5.74) is 5.53. The molecule has 0 aliphatic carbocycles. The van der Waals surface area contributed by atoms with Gasteiger partial charge < -0.3 is 10.5 Å². The number of ether oxygens (including phenoxy) is 1. The summed E-state index contributed by atoms with van der Waals surface area (Å²) in [6, 6.07) is -0.614. The van der Waals surface area contributed by atoms with E-state index in [9.17, 15) is 9.59 Å². The number of hydrogen-bond acceptors (Lipinski definition) is 4. The number of carbonyl (C=O) groups is 2. The highest BCUT2D eigenvalue weighted by Crippen LogP contribution is 2.20. The van der Waals surface area contributed by atoms with Crippen LogP contribution in [0.15, 0.2) is 0 Å². The number of imide groups is 1. The van der Waals surface area contributed by atoms with Crippen molar-refractivity contribution < 1.29 is 14.3 Å². The highest BCUT2D eigenvalue weighted by Gasteiger charge is 2.37. The van der Waals surface area contributed by atoms with Gasteiger partial charge in [-0.1, -0.05) is 0 Å². The van der Waals surface area contributed by atoms with Crippen molar-refractivity contribution in [1.29, 1.82) is 0 Å². The molecule has 2 rings (SSSR count). The number of nitrogens with zero attached hydrogens (tertiary/aromatic N) is 1. The fraction of sp³-hybridized carbons (Fsp3) is 0.800. The third-order valence-corrected chi connectivity index (χ3v) is 3.06. The first-order valence-electron chi connectivity index (χ1n) is 5.36. The Kier molecular flexibility index (Phi) is 3.02. The maximum Gasteiger partial charge on any atom is 0.246 e. The molecule has 0 aromatic carbocycles. The lowest BCUT2D eigenvalue weighted by molar-refractivity contribution is -0.139. The van der Waals surface area contributed by atoms with Crippen molar-refractivity contribution in [2.24, 2.45) is 11.7 Å². The van der Waals surface area contributed by atoms with Crippen LogP contribution >= 0.6 is 0 Å². The molecule has 84 valence electrons. The normalized spacial score (nSPS) is 28.9. The average molecular weight is 212 g/mol. The van der Waals surface area contributed by atoms with Gasteiger partial charge in [-0.05, 0) is 18.8 Å². The van der Waals surface area contributed by atoms with Crippen LogP contribution in [0.4, 0.5) is 0 Å². The highest BCUT2D eigenvalue weighted by atomic mass is 16.5. The molecule has 0 unspecified atom stereocenters. The maximum atomic E-state index is 11.5. The van der Waals surface area contributed by atoms with E-state index in [-0.39, 0.29) is 18.2 Å². The molecule has 2 aliphatic rings. The first-order chi connectivity index (χ1) is 7.18. The number of nitrogens with two attached hydrogens (primary N) is 1. The molecule has 5 heteroatoms. The van der Waals surface area contributed by atoms with Crippen LogP contribution in [0.1, 0.15) is 19.3 Å². The quantitative estimate of drug-likeness (QED) is 0.626. The summed E-state index contributed by atoms with van der Waals surface area (Å²) in [4.78, 5) is 24.3. The number of rotatable bonds is 2. The lowest BCUT2D eigenvalue weighted by Gasteiger charge is -2.25. The van der Waals surface area contributed by atoms with Gasteiger partial charge in [-0.25, -0.2) is 0 Å². The molecule has 15 heavy (non-hydrogen) atoms. The Labute approximate surface area is 88.5 Å². The Morgan fingerprint density at radius 1 is 1.33 bits per heavy atom. The standard InChI is InChI=1S/C10H16N2O3/c11-8-5-9(13)12(10(8)14)6-7-1-3-15-4-2-7/h7-8H,1-6,11H2/t8-/m0/s1. The fourth-order valence-corrected chi connectivity index (χ4v) is 2.09. The van der Waals surface area contributed by atoms with E-state index in [0.29, 0.717) is 12.5 Å². The van der Waals surface area contributed by atoms with E-state index in [1.807, 2.05) is 0 Å². The summed E-state index contributed by atoms with van der Waals surface area (Å²) in [5, 5.41) is 0. The monoisotopic (exact) mass is 212 g/mol. The lowest BCUT2D eigenvalue weighted by Crippen LogP contribution is -2.39. The largest absolute Gasteiger partial charge is 0.381 e. The van der Waals surface area contributed by atoms with Gasteiger partial charge in [0.25, 0.3) is 0 Å². The van der Waals surface area contributed by atoms with Crippen LogP contribution in [-0.2, 0) is 14.3 Å².